The third kappa shape index (κ3) is 12.4. The number of benzene rings is 7. The first-order valence-corrected chi connectivity index (χ1v) is 26.9. The molecule has 0 heterocycles. The number of rotatable bonds is 17. The van der Waals surface area contributed by atoms with E-state index < -0.39 is 78.0 Å². The first kappa shape index (κ1) is 52.5. The van der Waals surface area contributed by atoms with Gasteiger partial charge >= 0.3 is 0 Å². The molecule has 22 nitrogen and oxygen atoms in total. The Morgan fingerprint density at radius 2 is 1.00 bits per heavy atom. The number of nitrogens with one attached hydrogen (secondary N) is 1. The molecule has 7 aromatic rings. The molecule has 0 radical (unpaired) electrons. The van der Waals surface area contributed by atoms with Gasteiger partial charge in [0.15, 0.2) is 5.75 Å². The fourth-order valence-corrected chi connectivity index (χ4v) is 9.49. The molecule has 0 bridgehead atoms. The molecule has 0 amide bonds. The fourth-order valence-electron chi connectivity index (χ4n) is 7.18. The van der Waals surface area contributed by atoms with Gasteiger partial charge in [0.1, 0.15) is 32.7 Å². The predicted octanol–water partition coefficient (Wildman–Crippen LogP) is 11.3. The van der Waals surface area contributed by atoms with E-state index in [1.807, 2.05) is 0 Å². The first-order chi connectivity index (χ1) is 33.7. The minimum absolute atomic E-state index is 0.0470. The number of fused-ring (bicyclic) bond motifs is 2. The monoisotopic (exact) mass is 1060 g/mol. The molecule has 0 unspecified atom stereocenters. The molecule has 7 aromatic carbocycles. The van der Waals surface area contributed by atoms with Crippen molar-refractivity contribution in [3.63, 3.8) is 0 Å². The zero-order chi connectivity index (χ0) is 52.5. The number of hydrogen-bond donors (Lipinski definition) is 6. The van der Waals surface area contributed by atoms with Crippen molar-refractivity contribution < 1.29 is 66.5 Å². The van der Waals surface area contributed by atoms with E-state index in [1.54, 1.807) is 102 Å². The molecule has 7 rings (SSSR count). The maximum absolute atomic E-state index is 12.6. The number of azo groups is 3. The van der Waals surface area contributed by atoms with Gasteiger partial charge in [-0.05, 0) is 158 Å². The molecule has 72 heavy (non-hydrogen) atoms. The van der Waals surface area contributed by atoms with Crippen molar-refractivity contribution in [1.82, 2.24) is 0 Å². The highest BCUT2D eigenvalue weighted by Crippen LogP contribution is 2.44. The van der Waals surface area contributed by atoms with Gasteiger partial charge in [0.2, 0.25) is 0 Å². The summed E-state index contributed by atoms with van der Waals surface area (Å²) in [4.78, 5) is -2.14. The number of methoxy groups -OCH3 is 1. The number of phenolic OH excluding ortho intramolecular Hbond substituents is 1. The molecule has 0 fully saturated rings. The van der Waals surface area contributed by atoms with Gasteiger partial charge in [-0.15, -0.1) is 10.2 Å². The second kappa shape index (κ2) is 20.4. The second-order valence-corrected chi connectivity index (χ2v) is 22.0. The molecule has 26 heteroatoms. The Balaban J connectivity index is 1.14. The van der Waals surface area contributed by atoms with Gasteiger partial charge in [0, 0.05) is 28.2 Å². The van der Waals surface area contributed by atoms with Gasteiger partial charge in [0.25, 0.3) is 40.5 Å². The van der Waals surface area contributed by atoms with Crippen LogP contribution in [0.1, 0.15) is 28.7 Å². The standard InChI is InChI=1S/C46H43N7O15S4/c1-25-16-39(50-52-41-24-36-30(21-43(41)71(61,62)63)20-34(70(58,59)60)23-42(36)68-13-6-14-69(55,56)57)26(2)15-37(25)48-49-38-17-28(4)40(18-27(38)3)51-53-45-44(72(64,65)66)22-29-19-32(9-12-35(29)46(45)54)47-31-7-10-33(67-5)11-8-31/h7-12,15-24,47,54H,6,13-14H2,1-5H3,(H,55,56,57)(H,58,59,60)(H,61,62,63)(H,64,65,66). The summed E-state index contributed by atoms with van der Waals surface area (Å²) in [6.45, 7) is 6.44. The summed E-state index contributed by atoms with van der Waals surface area (Å²) in [5, 5.41) is 40.4. The van der Waals surface area contributed by atoms with Crippen LogP contribution in [0.15, 0.2) is 142 Å². The summed E-state index contributed by atoms with van der Waals surface area (Å²) < 4.78 is 147. The minimum Gasteiger partial charge on any atom is -0.505 e. The van der Waals surface area contributed by atoms with Crippen LogP contribution in [0.4, 0.5) is 45.5 Å². The number of phenols is 1. The van der Waals surface area contributed by atoms with Crippen LogP contribution in [0.5, 0.6) is 17.2 Å². The molecule has 376 valence electrons. The van der Waals surface area contributed by atoms with Gasteiger partial charge in [0.05, 0.1) is 47.1 Å². The van der Waals surface area contributed by atoms with E-state index in [2.05, 4.69) is 36.0 Å². The van der Waals surface area contributed by atoms with E-state index in [4.69, 9.17) is 14.0 Å². The largest absolute Gasteiger partial charge is 0.505 e. The predicted molar refractivity (Wildman–Crippen MR) is 266 cm³/mol. The van der Waals surface area contributed by atoms with Crippen LogP contribution in [0.3, 0.4) is 0 Å². The quantitative estimate of drug-likeness (QED) is 0.0280. The Labute approximate surface area is 412 Å². The number of nitrogens with zero attached hydrogens (tertiary/aromatic N) is 6. The summed E-state index contributed by atoms with van der Waals surface area (Å²) in [6, 6.07) is 23.5. The lowest BCUT2D eigenvalue weighted by atomic mass is 10.1. The van der Waals surface area contributed by atoms with Crippen molar-refractivity contribution in [2.24, 2.45) is 30.7 Å². The van der Waals surface area contributed by atoms with E-state index in [9.17, 15) is 52.4 Å². The molecule has 0 aromatic heterocycles. The highest BCUT2D eigenvalue weighted by Gasteiger charge is 2.24. The van der Waals surface area contributed by atoms with Crippen molar-refractivity contribution in [2.45, 2.75) is 48.8 Å². The topological polar surface area (TPSA) is 342 Å². The molecule has 0 saturated heterocycles. The molecule has 0 aliphatic rings. The lowest BCUT2D eigenvalue weighted by molar-refractivity contribution is 0.319. The Morgan fingerprint density at radius 1 is 0.514 bits per heavy atom. The first-order valence-electron chi connectivity index (χ1n) is 21.0. The van der Waals surface area contributed by atoms with E-state index in [0.29, 0.717) is 61.8 Å². The lowest BCUT2D eigenvalue weighted by Gasteiger charge is -2.13. The van der Waals surface area contributed by atoms with Gasteiger partial charge in [-0.2, -0.15) is 54.1 Å². The van der Waals surface area contributed by atoms with Crippen LogP contribution in [-0.2, 0) is 40.5 Å². The number of aryl methyl sites for hydroxylation is 4. The van der Waals surface area contributed by atoms with Gasteiger partial charge in [-0.1, -0.05) is 0 Å². The molecule has 0 spiro atoms. The van der Waals surface area contributed by atoms with Crippen molar-refractivity contribution in [1.29, 1.82) is 0 Å². The van der Waals surface area contributed by atoms with E-state index in [1.165, 1.54) is 6.07 Å². The van der Waals surface area contributed by atoms with Crippen molar-refractivity contribution in [3.8, 4) is 17.2 Å². The summed E-state index contributed by atoms with van der Waals surface area (Å²) in [5.41, 5.74) is 3.97. The average molecular weight is 1060 g/mol. The molecule has 0 aliphatic carbocycles. The van der Waals surface area contributed by atoms with Crippen LogP contribution in [0.2, 0.25) is 0 Å². The van der Waals surface area contributed by atoms with Crippen LogP contribution < -0.4 is 14.8 Å². The van der Waals surface area contributed by atoms with E-state index >= 15 is 0 Å². The third-order valence-corrected chi connectivity index (χ3v) is 14.3. The van der Waals surface area contributed by atoms with Crippen LogP contribution in [0, 0.1) is 27.7 Å². The Bertz CT molecular complexity index is 3890. The summed E-state index contributed by atoms with van der Waals surface area (Å²) in [6.07, 6.45) is -0.225. The highest BCUT2D eigenvalue weighted by atomic mass is 32.2. The lowest BCUT2D eigenvalue weighted by Crippen LogP contribution is -2.09. The second-order valence-electron chi connectivity index (χ2n) is 16.2. The SMILES string of the molecule is COc1ccc(Nc2ccc3c(O)c(N=Nc4cc(C)c(N=Nc5cc(C)c(N=Nc6cc7c(OCCCS(=O)(=O)O)cc(S(=O)(=O)O)cc7cc6S(=O)(=O)O)cc5C)cc4C)c(S(=O)(=O)O)cc3c2)cc1. The van der Waals surface area contributed by atoms with Crippen LogP contribution >= 0.6 is 0 Å². The fraction of sp³-hybridized carbons (Fsp3) is 0.174. The van der Waals surface area contributed by atoms with Crippen molar-refractivity contribution in [3.05, 3.63) is 119 Å². The van der Waals surface area contributed by atoms with Crippen molar-refractivity contribution in [2.75, 3.05) is 24.8 Å². The Morgan fingerprint density at radius 3 is 1.50 bits per heavy atom. The van der Waals surface area contributed by atoms with Gasteiger partial charge < -0.3 is 19.9 Å². The number of hydrogen-bond acceptors (Lipinski definition) is 18. The maximum Gasteiger partial charge on any atom is 0.296 e. The number of ether oxygens (including phenoxy) is 2. The zero-order valence-electron chi connectivity index (χ0n) is 38.5. The Hall–Kier alpha value is -7.30. The van der Waals surface area contributed by atoms with Crippen LogP contribution in [0.25, 0.3) is 21.5 Å². The zero-order valence-corrected chi connectivity index (χ0v) is 41.8. The van der Waals surface area contributed by atoms with Crippen LogP contribution in [-0.4, -0.2) is 76.5 Å². The average Bonchev–Trinajstić information content (AvgIpc) is 3.29. The molecule has 0 atom stereocenters. The van der Waals surface area contributed by atoms with E-state index in [0.717, 1.165) is 24.3 Å². The molecule has 0 saturated carbocycles. The maximum atomic E-state index is 12.6. The molecular formula is C46H43N7O15S4. The summed E-state index contributed by atoms with van der Waals surface area (Å²) in [7, 11) is -17.6. The minimum atomic E-state index is -5.02. The van der Waals surface area contributed by atoms with Gasteiger partial charge in [-0.3, -0.25) is 18.2 Å². The normalized spacial score (nSPS) is 12.7. The van der Waals surface area contributed by atoms with Gasteiger partial charge in [-0.25, -0.2) is 0 Å². The molecular weight excluding hydrogens is 1020 g/mol. The number of anilines is 2. The molecule has 6 N–H and O–H groups in total. The van der Waals surface area contributed by atoms with E-state index in [-0.39, 0.29) is 40.6 Å². The smallest absolute Gasteiger partial charge is 0.296 e. The highest BCUT2D eigenvalue weighted by molar-refractivity contribution is 7.86. The summed E-state index contributed by atoms with van der Waals surface area (Å²) in [5.74, 6) is -0.782. The molecule has 0 aliphatic heterocycles. The third-order valence-electron chi connectivity index (χ3n) is 10.9. The number of aromatic hydroxyl groups is 1. The Kier molecular flexibility index (Phi) is 14.9. The van der Waals surface area contributed by atoms with Crippen molar-refractivity contribution >= 4 is 108 Å². The summed E-state index contributed by atoms with van der Waals surface area (Å²) >= 11 is 0.